The van der Waals surface area contributed by atoms with Gasteiger partial charge in [-0.25, -0.2) is 0 Å². The maximum absolute atomic E-state index is 2.37. The number of rotatable bonds is 2. The van der Waals surface area contributed by atoms with E-state index in [2.05, 4.69) is 99.0 Å². The second-order valence-electron chi connectivity index (χ2n) is 6.73. The molecule has 0 aliphatic carbocycles. The molecule has 0 fully saturated rings. The van der Waals surface area contributed by atoms with Gasteiger partial charge in [0.05, 0.1) is 11.0 Å². The minimum Gasteiger partial charge on any atom is -0.314 e. The van der Waals surface area contributed by atoms with Crippen molar-refractivity contribution >= 4 is 27.5 Å². The van der Waals surface area contributed by atoms with Gasteiger partial charge in [0, 0.05) is 16.5 Å². The van der Waals surface area contributed by atoms with Crippen molar-refractivity contribution in [1.82, 2.24) is 4.57 Å². The number of hydrogen-bond donors (Lipinski definition) is 0. The smallest absolute Gasteiger partial charge is 0.0540 e. The van der Waals surface area contributed by atoms with Gasteiger partial charge in [0.25, 0.3) is 0 Å². The van der Waals surface area contributed by atoms with Crippen LogP contribution in [0.1, 0.15) is 25.0 Å². The fourth-order valence-corrected chi connectivity index (χ4v) is 3.91. The Morgan fingerprint density at radius 3 is 2.28 bits per heavy atom. The average molecular weight is 325 g/mol. The van der Waals surface area contributed by atoms with Crippen LogP contribution in [0.5, 0.6) is 0 Å². The molecule has 4 rings (SSSR count). The lowest BCUT2D eigenvalue weighted by atomic mass is 9.94. The molecule has 0 spiro atoms. The van der Waals surface area contributed by atoms with Crippen LogP contribution in [-0.2, 0) is 0 Å². The third-order valence-electron chi connectivity index (χ3n) is 5.30. The molecule has 1 heteroatoms. The molecule has 0 saturated carbocycles. The van der Waals surface area contributed by atoms with Crippen LogP contribution >= 0.6 is 0 Å². The van der Waals surface area contributed by atoms with Gasteiger partial charge in [-0.05, 0) is 62.1 Å². The van der Waals surface area contributed by atoms with Crippen molar-refractivity contribution < 1.29 is 0 Å². The van der Waals surface area contributed by atoms with Crippen LogP contribution in [0.4, 0.5) is 0 Å². The van der Waals surface area contributed by atoms with Crippen molar-refractivity contribution in [3.8, 4) is 11.1 Å². The molecular weight excluding hydrogens is 302 g/mol. The number of fused-ring (bicyclic) bond motifs is 3. The van der Waals surface area contributed by atoms with E-state index in [9.17, 15) is 0 Å². The van der Waals surface area contributed by atoms with Gasteiger partial charge in [-0.15, -0.1) is 0 Å². The Labute approximate surface area is 149 Å². The molecule has 124 valence electrons. The van der Waals surface area contributed by atoms with Crippen LogP contribution in [0.25, 0.3) is 38.6 Å². The Kier molecular flexibility index (Phi) is 3.73. The highest BCUT2D eigenvalue weighted by atomic mass is 15.0. The standard InChI is InChI=1S/C24H23N/c1-5-17(3)25-22-13-9-8-12-21(22)24-18(4)20(14-15-23(24)25)19-11-7-6-10-16(19)2/h5-15H,1-4H3/b17-5+. The third-order valence-corrected chi connectivity index (χ3v) is 5.30. The maximum atomic E-state index is 2.37. The molecule has 0 atom stereocenters. The van der Waals surface area contributed by atoms with E-state index in [1.165, 1.54) is 49.8 Å². The molecule has 0 N–H and O–H groups in total. The Morgan fingerprint density at radius 1 is 0.800 bits per heavy atom. The summed E-state index contributed by atoms with van der Waals surface area (Å²) in [6.45, 7) is 8.72. The molecule has 1 aromatic heterocycles. The Hall–Kier alpha value is -2.80. The summed E-state index contributed by atoms with van der Waals surface area (Å²) in [6, 6.07) is 21.9. The number of nitrogens with zero attached hydrogens (tertiary/aromatic N) is 1. The lowest BCUT2D eigenvalue weighted by molar-refractivity contribution is 1.19. The molecule has 4 aromatic rings. The van der Waals surface area contributed by atoms with Crippen molar-refractivity contribution in [1.29, 1.82) is 0 Å². The van der Waals surface area contributed by atoms with Crippen LogP contribution in [0.3, 0.4) is 0 Å². The summed E-state index contributed by atoms with van der Waals surface area (Å²) in [5.41, 5.74) is 9.14. The quantitative estimate of drug-likeness (QED) is 0.375. The normalized spacial score (nSPS) is 12.2. The van der Waals surface area contributed by atoms with Gasteiger partial charge < -0.3 is 4.57 Å². The van der Waals surface area contributed by atoms with Crippen molar-refractivity contribution in [2.75, 3.05) is 0 Å². The van der Waals surface area contributed by atoms with Crippen molar-refractivity contribution in [2.24, 2.45) is 0 Å². The molecule has 0 aliphatic heterocycles. The minimum atomic E-state index is 1.26. The average Bonchev–Trinajstić information content (AvgIpc) is 2.97. The molecule has 0 saturated heterocycles. The fraction of sp³-hybridized carbons (Fsp3) is 0.167. The molecule has 0 bridgehead atoms. The first-order chi connectivity index (χ1) is 12.1. The summed E-state index contributed by atoms with van der Waals surface area (Å²) in [6.07, 6.45) is 2.18. The highest BCUT2D eigenvalue weighted by Crippen LogP contribution is 2.38. The predicted octanol–water partition coefficient (Wildman–Crippen LogP) is 6.96. The van der Waals surface area contributed by atoms with E-state index in [1.54, 1.807) is 0 Å². The van der Waals surface area contributed by atoms with E-state index >= 15 is 0 Å². The fourth-order valence-electron chi connectivity index (χ4n) is 3.91. The number of hydrogen-bond acceptors (Lipinski definition) is 0. The van der Waals surface area contributed by atoms with E-state index in [1.807, 2.05) is 0 Å². The summed E-state index contributed by atoms with van der Waals surface area (Å²) in [7, 11) is 0. The first-order valence-corrected chi connectivity index (χ1v) is 8.85. The minimum absolute atomic E-state index is 1.26. The van der Waals surface area contributed by atoms with E-state index in [0.717, 1.165) is 0 Å². The van der Waals surface area contributed by atoms with Crippen LogP contribution in [-0.4, -0.2) is 4.57 Å². The zero-order chi connectivity index (χ0) is 17.6. The molecule has 0 aliphatic rings. The number of aromatic nitrogens is 1. The number of benzene rings is 3. The molecule has 0 amide bonds. The lowest BCUT2D eigenvalue weighted by Gasteiger charge is -2.12. The summed E-state index contributed by atoms with van der Waals surface area (Å²) >= 11 is 0. The van der Waals surface area contributed by atoms with E-state index in [0.29, 0.717) is 0 Å². The van der Waals surface area contributed by atoms with Gasteiger partial charge >= 0.3 is 0 Å². The zero-order valence-corrected chi connectivity index (χ0v) is 15.3. The molecule has 25 heavy (non-hydrogen) atoms. The van der Waals surface area contributed by atoms with E-state index in [4.69, 9.17) is 0 Å². The van der Waals surface area contributed by atoms with Gasteiger partial charge in [-0.1, -0.05) is 54.6 Å². The van der Waals surface area contributed by atoms with Crippen LogP contribution in [0, 0.1) is 13.8 Å². The first-order valence-electron chi connectivity index (χ1n) is 8.85. The zero-order valence-electron chi connectivity index (χ0n) is 15.3. The SMILES string of the molecule is C/C=C(\C)n1c2ccccc2c2c(C)c(-c3ccccc3C)ccc21. The molecule has 1 heterocycles. The van der Waals surface area contributed by atoms with Crippen molar-refractivity contribution in [3.05, 3.63) is 77.9 Å². The molecular formula is C24H23N. The van der Waals surface area contributed by atoms with Crippen LogP contribution in [0.15, 0.2) is 66.7 Å². The Bertz CT molecular complexity index is 1130. The topological polar surface area (TPSA) is 4.93 Å². The maximum Gasteiger partial charge on any atom is 0.0540 e. The molecule has 1 nitrogen and oxygen atoms in total. The van der Waals surface area contributed by atoms with Gasteiger partial charge in [0.1, 0.15) is 0 Å². The van der Waals surface area contributed by atoms with Crippen molar-refractivity contribution in [2.45, 2.75) is 27.7 Å². The third kappa shape index (κ3) is 2.31. The summed E-state index contributed by atoms with van der Waals surface area (Å²) in [5.74, 6) is 0. The number of aryl methyl sites for hydroxylation is 2. The Morgan fingerprint density at radius 2 is 1.52 bits per heavy atom. The summed E-state index contributed by atoms with van der Waals surface area (Å²) in [5, 5.41) is 2.68. The Balaban J connectivity index is 2.16. The molecule has 0 unspecified atom stereocenters. The van der Waals surface area contributed by atoms with E-state index < -0.39 is 0 Å². The van der Waals surface area contributed by atoms with Gasteiger partial charge in [0.2, 0.25) is 0 Å². The largest absolute Gasteiger partial charge is 0.314 e. The first kappa shape index (κ1) is 15.7. The second-order valence-corrected chi connectivity index (χ2v) is 6.73. The summed E-state index contributed by atoms with van der Waals surface area (Å²) < 4.78 is 2.37. The molecule has 3 aromatic carbocycles. The number of allylic oxidation sites excluding steroid dienone is 2. The van der Waals surface area contributed by atoms with Crippen LogP contribution < -0.4 is 0 Å². The number of para-hydroxylation sites is 1. The lowest BCUT2D eigenvalue weighted by Crippen LogP contribution is -1.93. The van der Waals surface area contributed by atoms with Crippen LogP contribution in [0.2, 0.25) is 0 Å². The summed E-state index contributed by atoms with van der Waals surface area (Å²) in [4.78, 5) is 0. The highest BCUT2D eigenvalue weighted by molar-refractivity contribution is 6.13. The predicted molar refractivity (Wildman–Crippen MR) is 110 cm³/mol. The second kappa shape index (κ2) is 5.93. The van der Waals surface area contributed by atoms with E-state index in [-0.39, 0.29) is 0 Å². The van der Waals surface area contributed by atoms with Crippen molar-refractivity contribution in [3.63, 3.8) is 0 Å². The van der Waals surface area contributed by atoms with Gasteiger partial charge in [-0.2, -0.15) is 0 Å². The monoisotopic (exact) mass is 325 g/mol. The van der Waals surface area contributed by atoms with Gasteiger partial charge in [0.15, 0.2) is 0 Å². The van der Waals surface area contributed by atoms with Gasteiger partial charge in [-0.3, -0.25) is 0 Å². The highest BCUT2D eigenvalue weighted by Gasteiger charge is 2.16. The molecule has 0 radical (unpaired) electrons.